The lowest BCUT2D eigenvalue weighted by atomic mass is 9.55. The Hall–Kier alpha value is -3.18. The van der Waals surface area contributed by atoms with Crippen LogP contribution in [0.4, 0.5) is 0 Å². The summed E-state index contributed by atoms with van der Waals surface area (Å²) < 4.78 is 0. The van der Waals surface area contributed by atoms with Crippen LogP contribution < -0.4 is 5.73 Å². The van der Waals surface area contributed by atoms with Gasteiger partial charge in [0.05, 0.1) is 29.2 Å². The van der Waals surface area contributed by atoms with Gasteiger partial charge in [-0.25, -0.2) is 0 Å². The molecule has 0 radical (unpaired) electrons. The Morgan fingerprint density at radius 3 is 2.33 bits per heavy atom. The van der Waals surface area contributed by atoms with E-state index in [1.54, 1.807) is 0 Å². The third-order valence-corrected chi connectivity index (χ3v) is 6.61. The van der Waals surface area contributed by atoms with Crippen molar-refractivity contribution in [3.63, 3.8) is 0 Å². The van der Waals surface area contributed by atoms with Crippen molar-refractivity contribution in [1.29, 1.82) is 0 Å². The summed E-state index contributed by atoms with van der Waals surface area (Å²) in [5.74, 6) is -8.78. The van der Waals surface area contributed by atoms with Crippen LogP contribution in [0.3, 0.4) is 0 Å². The molecule has 0 heterocycles. The SMILES string of the molecule is C=C1c2cccc(O)c2C(O)=C2C(=O)[C@]3(O)C(O)=C(C(N)=O)C(=O)C(N(C)C)[C@H]3C(O)[C@@H]12.Cl. The van der Waals surface area contributed by atoms with Gasteiger partial charge in [0.1, 0.15) is 22.8 Å². The molecule has 1 fully saturated rings. The summed E-state index contributed by atoms with van der Waals surface area (Å²) in [7, 11) is 2.88. The summed E-state index contributed by atoms with van der Waals surface area (Å²) in [6.07, 6.45) is -1.69. The van der Waals surface area contributed by atoms with Crippen LogP contribution in [0.5, 0.6) is 5.75 Å². The minimum absolute atomic E-state index is 0. The lowest BCUT2D eigenvalue weighted by molar-refractivity contribution is -0.166. The molecule has 176 valence electrons. The highest BCUT2D eigenvalue weighted by Crippen LogP contribution is 2.55. The number of hydrogen-bond acceptors (Lipinski definition) is 9. The number of aromatic hydroxyl groups is 1. The molecule has 4 rings (SSSR count). The van der Waals surface area contributed by atoms with E-state index in [4.69, 9.17) is 5.73 Å². The van der Waals surface area contributed by atoms with E-state index in [-0.39, 0.29) is 34.9 Å². The number of aliphatic hydroxyl groups is 4. The lowest BCUT2D eigenvalue weighted by Gasteiger charge is -2.52. The van der Waals surface area contributed by atoms with E-state index in [1.807, 2.05) is 0 Å². The Balaban J connectivity index is 0.00000306. The zero-order chi connectivity index (χ0) is 23.9. The number of aliphatic hydroxyl groups excluding tert-OH is 3. The van der Waals surface area contributed by atoms with Crippen molar-refractivity contribution < 1.29 is 39.9 Å². The van der Waals surface area contributed by atoms with Crippen LogP contribution in [0.2, 0.25) is 0 Å². The number of carbonyl (C=O) groups is 3. The number of halogens is 1. The molecule has 1 aromatic carbocycles. The van der Waals surface area contributed by atoms with Crippen molar-refractivity contribution in [1.82, 2.24) is 4.90 Å². The molecule has 2 unspecified atom stereocenters. The molecule has 33 heavy (non-hydrogen) atoms. The van der Waals surface area contributed by atoms with Gasteiger partial charge in [0, 0.05) is 5.92 Å². The van der Waals surface area contributed by atoms with E-state index in [1.165, 1.54) is 37.2 Å². The van der Waals surface area contributed by atoms with Crippen molar-refractivity contribution in [2.75, 3.05) is 14.1 Å². The van der Waals surface area contributed by atoms with Crippen molar-refractivity contribution in [2.45, 2.75) is 17.7 Å². The standard InChI is InChI=1S/C22H22N2O8.ClH/c1-7-8-5-4-6-9(25)11(8)16(26)12-10(7)17(27)14-15(24(2)3)18(28)13(21(23)31)20(30)22(14,32)19(12)29;/h4-6,10,14-15,17,25-27,30,32H,1H2,2-3H3,(H2,23,31);1H/t10-,14-,15?,17?,22-;/m0./s1. The Kier molecular flexibility index (Phi) is 5.71. The molecule has 10 nitrogen and oxygen atoms in total. The molecule has 0 bridgehead atoms. The van der Waals surface area contributed by atoms with Crippen molar-refractivity contribution in [2.24, 2.45) is 17.6 Å². The van der Waals surface area contributed by atoms with E-state index >= 15 is 0 Å². The average Bonchev–Trinajstić information content (AvgIpc) is 2.70. The molecule has 0 spiro atoms. The molecule has 0 saturated heterocycles. The van der Waals surface area contributed by atoms with Gasteiger partial charge < -0.3 is 31.3 Å². The van der Waals surface area contributed by atoms with Gasteiger partial charge in [-0.05, 0) is 31.3 Å². The molecule has 7 N–H and O–H groups in total. The predicted molar refractivity (Wildman–Crippen MR) is 118 cm³/mol. The number of benzene rings is 1. The summed E-state index contributed by atoms with van der Waals surface area (Å²) >= 11 is 0. The molecule has 1 aromatic rings. The second-order valence-electron chi connectivity index (χ2n) is 8.44. The molecule has 3 aliphatic carbocycles. The van der Waals surface area contributed by atoms with E-state index in [2.05, 4.69) is 6.58 Å². The fourth-order valence-corrected chi connectivity index (χ4v) is 5.21. The van der Waals surface area contributed by atoms with E-state index < -0.39 is 69.7 Å². The van der Waals surface area contributed by atoms with Gasteiger partial charge in [0.25, 0.3) is 5.91 Å². The summed E-state index contributed by atoms with van der Waals surface area (Å²) in [5, 5.41) is 54.7. The van der Waals surface area contributed by atoms with Crippen molar-refractivity contribution in [3.8, 4) is 5.75 Å². The number of primary amides is 1. The normalized spacial score (nSPS) is 31.1. The number of amides is 1. The van der Waals surface area contributed by atoms with Gasteiger partial charge in [-0.15, -0.1) is 12.4 Å². The second kappa shape index (κ2) is 7.70. The smallest absolute Gasteiger partial charge is 0.255 e. The number of phenolic OH excluding ortho intramolecular Hbond substituents is 1. The maximum atomic E-state index is 13.6. The quantitative estimate of drug-likeness (QED) is 0.314. The molecule has 1 saturated carbocycles. The first kappa shape index (κ1) is 24.5. The summed E-state index contributed by atoms with van der Waals surface area (Å²) in [5.41, 5.74) is 1.16. The largest absolute Gasteiger partial charge is 0.508 e. The summed E-state index contributed by atoms with van der Waals surface area (Å²) in [6.45, 7) is 3.91. The zero-order valence-corrected chi connectivity index (χ0v) is 18.5. The third kappa shape index (κ3) is 2.88. The minimum atomic E-state index is -2.94. The Labute approximate surface area is 194 Å². The lowest BCUT2D eigenvalue weighted by Crippen LogP contribution is -2.70. The number of rotatable bonds is 2. The molecular weight excluding hydrogens is 456 g/mol. The van der Waals surface area contributed by atoms with Crippen LogP contribution >= 0.6 is 12.4 Å². The van der Waals surface area contributed by atoms with E-state index in [0.29, 0.717) is 0 Å². The monoisotopic (exact) mass is 478 g/mol. The Morgan fingerprint density at radius 2 is 1.79 bits per heavy atom. The average molecular weight is 479 g/mol. The van der Waals surface area contributed by atoms with E-state index in [0.717, 1.165) is 0 Å². The first-order chi connectivity index (χ1) is 14.9. The van der Waals surface area contributed by atoms with Crippen molar-refractivity contribution in [3.05, 3.63) is 52.8 Å². The molecule has 1 amide bonds. The minimum Gasteiger partial charge on any atom is -0.508 e. The fraction of sp³-hybridized carbons (Fsp3) is 0.318. The number of nitrogens with zero attached hydrogens (tertiary/aromatic N) is 1. The first-order valence-electron chi connectivity index (χ1n) is 9.71. The van der Waals surface area contributed by atoms with Crippen LogP contribution in [-0.4, -0.2) is 79.7 Å². The van der Waals surface area contributed by atoms with Crippen LogP contribution in [0.1, 0.15) is 11.1 Å². The number of hydrogen-bond donors (Lipinski definition) is 6. The predicted octanol–water partition coefficient (Wildman–Crippen LogP) is -0.173. The Bertz CT molecular complexity index is 1190. The molecule has 5 atom stereocenters. The highest BCUT2D eigenvalue weighted by Gasteiger charge is 2.68. The topological polar surface area (TPSA) is 182 Å². The van der Waals surface area contributed by atoms with Gasteiger partial charge in [-0.1, -0.05) is 18.7 Å². The van der Waals surface area contributed by atoms with Gasteiger partial charge in [-0.3, -0.25) is 19.3 Å². The first-order valence-corrected chi connectivity index (χ1v) is 9.71. The number of phenols is 1. The van der Waals surface area contributed by atoms with Crippen LogP contribution in [-0.2, 0) is 14.4 Å². The Morgan fingerprint density at radius 1 is 1.18 bits per heavy atom. The third-order valence-electron chi connectivity index (χ3n) is 6.61. The fourth-order valence-electron chi connectivity index (χ4n) is 5.21. The van der Waals surface area contributed by atoms with Crippen LogP contribution in [0.15, 0.2) is 41.7 Å². The van der Waals surface area contributed by atoms with Gasteiger partial charge in [0.2, 0.25) is 5.78 Å². The van der Waals surface area contributed by atoms with Gasteiger partial charge in [0.15, 0.2) is 11.4 Å². The van der Waals surface area contributed by atoms with E-state index in [9.17, 15) is 39.9 Å². The number of carbonyl (C=O) groups excluding carboxylic acids is 3. The number of nitrogens with two attached hydrogens (primary N) is 1. The molecule has 3 aliphatic rings. The van der Waals surface area contributed by atoms with Crippen molar-refractivity contribution >= 4 is 41.2 Å². The molecular formula is C22H23ClN2O8. The van der Waals surface area contributed by atoms with Crippen LogP contribution in [0.25, 0.3) is 11.3 Å². The number of likely N-dealkylation sites (N-methyl/N-ethyl adjacent to an activating group) is 1. The highest BCUT2D eigenvalue weighted by molar-refractivity contribution is 6.25. The maximum absolute atomic E-state index is 13.6. The summed E-state index contributed by atoms with van der Waals surface area (Å²) in [4.78, 5) is 39.8. The summed E-state index contributed by atoms with van der Waals surface area (Å²) in [6, 6.07) is 2.89. The maximum Gasteiger partial charge on any atom is 0.255 e. The molecule has 0 aromatic heterocycles. The second-order valence-corrected chi connectivity index (χ2v) is 8.44. The van der Waals surface area contributed by atoms with Gasteiger partial charge in [-0.2, -0.15) is 0 Å². The molecule has 11 heteroatoms. The highest BCUT2D eigenvalue weighted by atomic mass is 35.5. The van der Waals surface area contributed by atoms with Gasteiger partial charge >= 0.3 is 0 Å². The number of fused-ring (bicyclic) bond motifs is 3. The van der Waals surface area contributed by atoms with Crippen LogP contribution in [0, 0.1) is 11.8 Å². The molecule has 0 aliphatic heterocycles. The number of Topliss-reactive ketones (excluding diaryl/α,β-unsaturated/α-hetero) is 2. The number of ketones is 2. The zero-order valence-electron chi connectivity index (χ0n) is 17.6.